The smallest absolute Gasteiger partial charge is 0.330 e. The van der Waals surface area contributed by atoms with Gasteiger partial charge in [0.2, 0.25) is 0 Å². The van der Waals surface area contributed by atoms with Gasteiger partial charge in [0.1, 0.15) is 5.54 Å². The first-order chi connectivity index (χ1) is 8.12. The average molecular weight is 251 g/mol. The fraction of sp³-hybridized carbons (Fsp3) is 0.462. The molecule has 1 atom stereocenters. The zero-order chi connectivity index (χ0) is 12.3. The summed E-state index contributed by atoms with van der Waals surface area (Å²) in [5, 5.41) is 12.6. The van der Waals surface area contributed by atoms with Gasteiger partial charge < -0.3 is 10.4 Å². The van der Waals surface area contributed by atoms with Gasteiger partial charge in [0.05, 0.1) is 0 Å². The lowest BCUT2D eigenvalue weighted by molar-refractivity contribution is -0.141. The van der Waals surface area contributed by atoms with Gasteiger partial charge in [0.15, 0.2) is 0 Å². The summed E-state index contributed by atoms with van der Waals surface area (Å²) in [6, 6.07) is 7.88. The molecule has 1 aromatic carbocycles. The highest BCUT2D eigenvalue weighted by molar-refractivity contribution is 7.99. The normalized spacial score (nSPS) is 24.3. The number of carbonyl (C=O) groups is 1. The molecule has 0 amide bonds. The van der Waals surface area contributed by atoms with Crippen molar-refractivity contribution in [2.45, 2.75) is 25.3 Å². The molecule has 2 N–H and O–H groups in total. The van der Waals surface area contributed by atoms with Gasteiger partial charge in [-0.05, 0) is 37.7 Å². The number of benzene rings is 1. The van der Waals surface area contributed by atoms with Crippen LogP contribution >= 0.6 is 11.8 Å². The standard InChI is InChI=1S/C13H17NO2S/c1-10-3-5-11(6-4-10)14-13(12(15)16)7-2-8-17-9-13/h3-6,14H,2,7-9H2,1H3,(H,15,16). The lowest BCUT2D eigenvalue weighted by atomic mass is 9.95. The quantitative estimate of drug-likeness (QED) is 0.867. The van der Waals surface area contributed by atoms with E-state index in [0.717, 1.165) is 17.9 Å². The molecule has 0 aliphatic carbocycles. The van der Waals surface area contributed by atoms with Crippen LogP contribution in [-0.2, 0) is 4.79 Å². The predicted molar refractivity (Wildman–Crippen MR) is 71.7 cm³/mol. The average Bonchev–Trinajstić information content (AvgIpc) is 2.33. The van der Waals surface area contributed by atoms with Crippen LogP contribution in [0.1, 0.15) is 18.4 Å². The molecule has 1 aromatic rings. The Bertz CT molecular complexity index is 396. The highest BCUT2D eigenvalue weighted by atomic mass is 32.2. The Kier molecular flexibility index (Phi) is 3.62. The largest absolute Gasteiger partial charge is 0.479 e. The van der Waals surface area contributed by atoms with E-state index in [9.17, 15) is 9.90 Å². The third-order valence-electron chi connectivity index (χ3n) is 3.09. The first-order valence-electron chi connectivity index (χ1n) is 5.78. The maximum Gasteiger partial charge on any atom is 0.330 e. The molecule has 92 valence electrons. The molecule has 0 bridgehead atoms. The molecule has 1 aliphatic heterocycles. The van der Waals surface area contributed by atoms with Crippen LogP contribution in [0.5, 0.6) is 0 Å². The van der Waals surface area contributed by atoms with Crippen LogP contribution in [0.3, 0.4) is 0 Å². The minimum absolute atomic E-state index is 0.635. The second kappa shape index (κ2) is 5.00. The van der Waals surface area contributed by atoms with Gasteiger partial charge in [-0.25, -0.2) is 4.79 Å². The van der Waals surface area contributed by atoms with Crippen LogP contribution in [0.25, 0.3) is 0 Å². The van der Waals surface area contributed by atoms with Gasteiger partial charge in [-0.2, -0.15) is 11.8 Å². The Morgan fingerprint density at radius 1 is 1.41 bits per heavy atom. The molecule has 3 nitrogen and oxygen atoms in total. The van der Waals surface area contributed by atoms with Gasteiger partial charge in [-0.1, -0.05) is 17.7 Å². The Morgan fingerprint density at radius 3 is 2.65 bits per heavy atom. The second-order valence-electron chi connectivity index (χ2n) is 4.53. The highest BCUT2D eigenvalue weighted by Crippen LogP contribution is 2.30. The van der Waals surface area contributed by atoms with E-state index in [1.54, 1.807) is 11.8 Å². The lowest BCUT2D eigenvalue weighted by Gasteiger charge is -2.34. The number of hydrogen-bond acceptors (Lipinski definition) is 3. The molecule has 1 aliphatic rings. The molecule has 1 fully saturated rings. The summed E-state index contributed by atoms with van der Waals surface area (Å²) < 4.78 is 0. The van der Waals surface area contributed by atoms with Gasteiger partial charge in [0.25, 0.3) is 0 Å². The zero-order valence-corrected chi connectivity index (χ0v) is 10.7. The van der Waals surface area contributed by atoms with Crippen molar-refractivity contribution < 1.29 is 9.90 Å². The van der Waals surface area contributed by atoms with E-state index in [0.29, 0.717) is 12.2 Å². The predicted octanol–water partition coefficient (Wildman–Crippen LogP) is 2.76. The van der Waals surface area contributed by atoms with Crippen molar-refractivity contribution in [1.29, 1.82) is 0 Å². The number of aryl methyl sites for hydroxylation is 1. The van der Waals surface area contributed by atoms with Crippen LogP contribution in [0, 0.1) is 6.92 Å². The third kappa shape index (κ3) is 2.75. The van der Waals surface area contributed by atoms with Crippen LogP contribution < -0.4 is 5.32 Å². The van der Waals surface area contributed by atoms with Gasteiger partial charge in [0, 0.05) is 11.4 Å². The van der Waals surface area contributed by atoms with E-state index in [4.69, 9.17) is 0 Å². The number of carboxylic acids is 1. The molecule has 1 unspecified atom stereocenters. The maximum absolute atomic E-state index is 11.5. The molecular weight excluding hydrogens is 234 g/mol. The summed E-state index contributed by atoms with van der Waals surface area (Å²) in [5.74, 6) is 0.950. The minimum atomic E-state index is -0.793. The molecule has 1 heterocycles. The van der Waals surface area contributed by atoms with Crippen molar-refractivity contribution in [3.8, 4) is 0 Å². The lowest BCUT2D eigenvalue weighted by Crippen LogP contribution is -2.50. The molecule has 1 saturated heterocycles. The Balaban J connectivity index is 2.17. The van der Waals surface area contributed by atoms with E-state index < -0.39 is 11.5 Å². The van der Waals surface area contributed by atoms with Crippen LogP contribution in [0.15, 0.2) is 24.3 Å². The van der Waals surface area contributed by atoms with Crippen molar-refractivity contribution >= 4 is 23.4 Å². The SMILES string of the molecule is Cc1ccc(NC2(C(=O)O)CCCSC2)cc1. The Hall–Kier alpha value is -1.16. The van der Waals surface area contributed by atoms with Gasteiger partial charge in [-0.15, -0.1) is 0 Å². The maximum atomic E-state index is 11.5. The molecular formula is C13H17NO2S. The summed E-state index contributed by atoms with van der Waals surface area (Å²) in [5.41, 5.74) is 1.27. The van der Waals surface area contributed by atoms with E-state index in [1.165, 1.54) is 5.56 Å². The summed E-state index contributed by atoms with van der Waals surface area (Å²) in [6.45, 7) is 2.02. The topological polar surface area (TPSA) is 49.3 Å². The van der Waals surface area contributed by atoms with Crippen LogP contribution in [0.2, 0.25) is 0 Å². The summed E-state index contributed by atoms with van der Waals surface area (Å²) in [4.78, 5) is 11.5. The molecule has 0 saturated carbocycles. The second-order valence-corrected chi connectivity index (χ2v) is 5.64. The highest BCUT2D eigenvalue weighted by Gasteiger charge is 2.39. The fourth-order valence-corrected chi connectivity index (χ4v) is 3.21. The van der Waals surface area contributed by atoms with Crippen molar-refractivity contribution in [2.24, 2.45) is 0 Å². The number of aliphatic carboxylic acids is 1. The molecule has 2 rings (SSSR count). The van der Waals surface area contributed by atoms with Crippen molar-refractivity contribution in [3.63, 3.8) is 0 Å². The Morgan fingerprint density at radius 2 is 2.12 bits per heavy atom. The van der Waals surface area contributed by atoms with Crippen LogP contribution in [0.4, 0.5) is 5.69 Å². The minimum Gasteiger partial charge on any atom is -0.479 e. The third-order valence-corrected chi connectivity index (χ3v) is 4.36. The van der Waals surface area contributed by atoms with E-state index in [2.05, 4.69) is 5.32 Å². The molecule has 0 aromatic heterocycles. The molecule has 0 radical (unpaired) electrons. The van der Waals surface area contributed by atoms with E-state index in [1.807, 2.05) is 31.2 Å². The molecule has 4 heteroatoms. The van der Waals surface area contributed by atoms with Crippen molar-refractivity contribution in [1.82, 2.24) is 0 Å². The van der Waals surface area contributed by atoms with Crippen LogP contribution in [-0.4, -0.2) is 28.1 Å². The Labute approximate surface area is 106 Å². The number of thioether (sulfide) groups is 1. The summed E-state index contributed by atoms with van der Waals surface area (Å²) >= 11 is 1.71. The first kappa shape index (κ1) is 12.3. The number of carboxylic acid groups (broad SMARTS) is 1. The first-order valence-corrected chi connectivity index (χ1v) is 6.94. The number of anilines is 1. The van der Waals surface area contributed by atoms with Gasteiger partial charge in [-0.3, -0.25) is 0 Å². The fourth-order valence-electron chi connectivity index (χ4n) is 2.03. The number of hydrogen-bond donors (Lipinski definition) is 2. The zero-order valence-electron chi connectivity index (χ0n) is 9.90. The summed E-state index contributed by atoms with van der Waals surface area (Å²) in [6.07, 6.45) is 1.65. The van der Waals surface area contributed by atoms with Crippen molar-refractivity contribution in [3.05, 3.63) is 29.8 Å². The van der Waals surface area contributed by atoms with Crippen molar-refractivity contribution in [2.75, 3.05) is 16.8 Å². The number of nitrogens with one attached hydrogen (secondary N) is 1. The summed E-state index contributed by atoms with van der Waals surface area (Å²) in [7, 11) is 0. The van der Waals surface area contributed by atoms with E-state index >= 15 is 0 Å². The molecule has 17 heavy (non-hydrogen) atoms. The molecule has 0 spiro atoms. The monoisotopic (exact) mass is 251 g/mol. The number of rotatable bonds is 3. The van der Waals surface area contributed by atoms with Gasteiger partial charge >= 0.3 is 5.97 Å². The van der Waals surface area contributed by atoms with E-state index in [-0.39, 0.29) is 0 Å².